The van der Waals surface area contributed by atoms with Gasteiger partial charge in [0.05, 0.1) is 16.1 Å². The molecule has 1 amide bonds. The van der Waals surface area contributed by atoms with E-state index in [4.69, 9.17) is 23.2 Å². The second-order valence-corrected chi connectivity index (χ2v) is 4.58. The van der Waals surface area contributed by atoms with Gasteiger partial charge in [-0.2, -0.15) is 0 Å². The van der Waals surface area contributed by atoms with Crippen LogP contribution in [0.3, 0.4) is 0 Å². The van der Waals surface area contributed by atoms with E-state index in [1.165, 1.54) is 0 Å². The minimum absolute atomic E-state index is 0.0177. The number of carbonyl (C=O) groups excluding carboxylic acids is 1. The number of benzene rings is 1. The SMILES string of the molecule is O=C(Nc1ccc(Cl)c(Cl)c1)C1CCCN1. The van der Waals surface area contributed by atoms with Gasteiger partial charge in [0.15, 0.2) is 0 Å². The highest BCUT2D eigenvalue weighted by Crippen LogP contribution is 2.25. The highest BCUT2D eigenvalue weighted by Gasteiger charge is 2.21. The normalized spacial score (nSPS) is 19.8. The number of carbonyl (C=O) groups is 1. The standard InChI is InChI=1S/C11H12Cl2N2O/c12-8-4-3-7(6-9(8)13)15-11(16)10-2-1-5-14-10/h3-4,6,10,14H,1-2,5H2,(H,15,16). The van der Waals surface area contributed by atoms with Crippen LogP contribution in [-0.2, 0) is 4.79 Å². The minimum Gasteiger partial charge on any atom is -0.325 e. The molecule has 1 aromatic rings. The molecule has 0 aromatic heterocycles. The summed E-state index contributed by atoms with van der Waals surface area (Å²) in [5.74, 6) is -0.0177. The Morgan fingerprint density at radius 1 is 1.38 bits per heavy atom. The molecule has 1 unspecified atom stereocenters. The molecular weight excluding hydrogens is 247 g/mol. The van der Waals surface area contributed by atoms with Crippen molar-refractivity contribution in [3.05, 3.63) is 28.2 Å². The maximum atomic E-state index is 11.8. The van der Waals surface area contributed by atoms with E-state index in [1.807, 2.05) is 0 Å². The highest BCUT2D eigenvalue weighted by molar-refractivity contribution is 6.42. The van der Waals surface area contributed by atoms with Crippen LogP contribution in [0, 0.1) is 0 Å². The van der Waals surface area contributed by atoms with E-state index in [0.717, 1.165) is 19.4 Å². The number of nitrogens with one attached hydrogen (secondary N) is 2. The summed E-state index contributed by atoms with van der Waals surface area (Å²) < 4.78 is 0. The molecule has 1 heterocycles. The summed E-state index contributed by atoms with van der Waals surface area (Å²) in [4.78, 5) is 11.8. The van der Waals surface area contributed by atoms with Gasteiger partial charge in [-0.15, -0.1) is 0 Å². The Balaban J connectivity index is 2.02. The average molecular weight is 259 g/mol. The molecule has 0 bridgehead atoms. The third-order valence-electron chi connectivity index (χ3n) is 2.56. The Labute approximate surface area is 104 Å². The van der Waals surface area contributed by atoms with Crippen LogP contribution in [0.2, 0.25) is 10.0 Å². The number of hydrogen-bond donors (Lipinski definition) is 2. The van der Waals surface area contributed by atoms with Gasteiger partial charge in [0.1, 0.15) is 0 Å². The van der Waals surface area contributed by atoms with E-state index < -0.39 is 0 Å². The first-order valence-electron chi connectivity index (χ1n) is 5.16. The van der Waals surface area contributed by atoms with Gasteiger partial charge in [-0.1, -0.05) is 23.2 Å². The predicted octanol–water partition coefficient (Wildman–Crippen LogP) is 2.68. The van der Waals surface area contributed by atoms with Crippen LogP contribution in [0.5, 0.6) is 0 Å². The third-order valence-corrected chi connectivity index (χ3v) is 3.30. The molecule has 1 fully saturated rings. The molecule has 5 heteroatoms. The fraction of sp³-hybridized carbons (Fsp3) is 0.364. The summed E-state index contributed by atoms with van der Waals surface area (Å²) in [6.45, 7) is 0.902. The predicted molar refractivity (Wildman–Crippen MR) is 66.1 cm³/mol. The fourth-order valence-corrected chi connectivity index (χ4v) is 2.01. The zero-order chi connectivity index (χ0) is 11.5. The van der Waals surface area contributed by atoms with Gasteiger partial charge in [-0.3, -0.25) is 4.79 Å². The average Bonchev–Trinajstić information content (AvgIpc) is 2.77. The molecular formula is C11H12Cl2N2O. The largest absolute Gasteiger partial charge is 0.325 e. The maximum absolute atomic E-state index is 11.8. The first kappa shape index (κ1) is 11.7. The summed E-state index contributed by atoms with van der Waals surface area (Å²) in [6, 6.07) is 4.97. The van der Waals surface area contributed by atoms with Gasteiger partial charge in [0.25, 0.3) is 0 Å². The van der Waals surface area contributed by atoms with Gasteiger partial charge < -0.3 is 10.6 Å². The number of anilines is 1. The van der Waals surface area contributed by atoms with Crippen LogP contribution in [-0.4, -0.2) is 18.5 Å². The van der Waals surface area contributed by atoms with Crippen molar-refractivity contribution in [3.8, 4) is 0 Å². The highest BCUT2D eigenvalue weighted by atomic mass is 35.5. The Hall–Kier alpha value is -0.770. The molecule has 3 nitrogen and oxygen atoms in total. The van der Waals surface area contributed by atoms with E-state index in [0.29, 0.717) is 15.7 Å². The van der Waals surface area contributed by atoms with Gasteiger partial charge in [0.2, 0.25) is 5.91 Å². The van der Waals surface area contributed by atoms with Gasteiger partial charge in [0, 0.05) is 5.69 Å². The zero-order valence-corrected chi connectivity index (χ0v) is 10.1. The van der Waals surface area contributed by atoms with Gasteiger partial charge in [-0.25, -0.2) is 0 Å². The molecule has 16 heavy (non-hydrogen) atoms. The summed E-state index contributed by atoms with van der Waals surface area (Å²) in [5.41, 5.74) is 0.674. The van der Waals surface area contributed by atoms with Crippen molar-refractivity contribution in [3.63, 3.8) is 0 Å². The second kappa shape index (κ2) is 5.04. The molecule has 0 spiro atoms. The molecule has 86 valence electrons. The molecule has 2 N–H and O–H groups in total. The van der Waals surface area contributed by atoms with Crippen LogP contribution < -0.4 is 10.6 Å². The smallest absolute Gasteiger partial charge is 0.241 e. The monoisotopic (exact) mass is 258 g/mol. The third kappa shape index (κ3) is 2.67. The lowest BCUT2D eigenvalue weighted by atomic mass is 10.2. The molecule has 1 saturated heterocycles. The molecule has 0 aliphatic carbocycles. The molecule has 1 aliphatic heterocycles. The van der Waals surface area contributed by atoms with Crippen molar-refractivity contribution < 1.29 is 4.79 Å². The lowest BCUT2D eigenvalue weighted by molar-refractivity contribution is -0.117. The van der Waals surface area contributed by atoms with Crippen LogP contribution in [0.4, 0.5) is 5.69 Å². The summed E-state index contributed by atoms with van der Waals surface area (Å²) >= 11 is 11.6. The molecule has 0 saturated carbocycles. The molecule has 2 rings (SSSR count). The number of amides is 1. The van der Waals surface area contributed by atoms with E-state index in [-0.39, 0.29) is 11.9 Å². The van der Waals surface area contributed by atoms with Crippen LogP contribution >= 0.6 is 23.2 Å². The molecule has 1 aromatic carbocycles. The summed E-state index contributed by atoms with van der Waals surface area (Å²) in [6.07, 6.45) is 1.92. The van der Waals surface area contributed by atoms with E-state index in [9.17, 15) is 4.79 Å². The van der Waals surface area contributed by atoms with Crippen LogP contribution in [0.25, 0.3) is 0 Å². The quantitative estimate of drug-likeness (QED) is 0.857. The minimum atomic E-state index is -0.0885. The number of rotatable bonds is 2. The van der Waals surface area contributed by atoms with Crippen LogP contribution in [0.15, 0.2) is 18.2 Å². The van der Waals surface area contributed by atoms with Crippen molar-refractivity contribution in [2.45, 2.75) is 18.9 Å². The maximum Gasteiger partial charge on any atom is 0.241 e. The van der Waals surface area contributed by atoms with E-state index in [2.05, 4.69) is 10.6 Å². The molecule has 1 aliphatic rings. The first-order chi connectivity index (χ1) is 7.66. The van der Waals surface area contributed by atoms with Crippen molar-refractivity contribution in [1.82, 2.24) is 5.32 Å². The van der Waals surface area contributed by atoms with Gasteiger partial charge >= 0.3 is 0 Å². The summed E-state index contributed by atoms with van der Waals surface area (Å²) in [5, 5.41) is 6.87. The first-order valence-corrected chi connectivity index (χ1v) is 5.92. The number of hydrogen-bond acceptors (Lipinski definition) is 2. The van der Waals surface area contributed by atoms with Gasteiger partial charge in [-0.05, 0) is 37.6 Å². The topological polar surface area (TPSA) is 41.1 Å². The van der Waals surface area contributed by atoms with Crippen molar-refractivity contribution >= 4 is 34.8 Å². The van der Waals surface area contributed by atoms with Crippen molar-refractivity contribution in [1.29, 1.82) is 0 Å². The fourth-order valence-electron chi connectivity index (χ4n) is 1.71. The molecule has 0 radical (unpaired) electrons. The molecule has 1 atom stereocenters. The Morgan fingerprint density at radius 2 is 2.19 bits per heavy atom. The number of halogens is 2. The Kier molecular flexibility index (Phi) is 3.69. The van der Waals surface area contributed by atoms with Crippen molar-refractivity contribution in [2.75, 3.05) is 11.9 Å². The Bertz CT molecular complexity index is 403. The van der Waals surface area contributed by atoms with E-state index >= 15 is 0 Å². The second-order valence-electron chi connectivity index (χ2n) is 3.77. The lowest BCUT2D eigenvalue weighted by Crippen LogP contribution is -2.35. The summed E-state index contributed by atoms with van der Waals surface area (Å²) in [7, 11) is 0. The van der Waals surface area contributed by atoms with E-state index in [1.54, 1.807) is 18.2 Å². The lowest BCUT2D eigenvalue weighted by Gasteiger charge is -2.11. The Morgan fingerprint density at radius 3 is 2.81 bits per heavy atom. The van der Waals surface area contributed by atoms with Crippen LogP contribution in [0.1, 0.15) is 12.8 Å². The zero-order valence-electron chi connectivity index (χ0n) is 8.59. The van der Waals surface area contributed by atoms with Crippen molar-refractivity contribution in [2.24, 2.45) is 0 Å².